The molecule has 6 heteroatoms. The number of hydrogen-bond donors (Lipinski definition) is 2. The van der Waals surface area contributed by atoms with Gasteiger partial charge in [-0.15, -0.1) is 0 Å². The fraction of sp³-hybridized carbons (Fsp3) is 0.571. The van der Waals surface area contributed by atoms with Gasteiger partial charge in [-0.25, -0.2) is 0 Å². The first-order valence-corrected chi connectivity index (χ1v) is 6.77. The Morgan fingerprint density at radius 1 is 1.55 bits per heavy atom. The van der Waals surface area contributed by atoms with E-state index in [1.807, 2.05) is 6.92 Å². The van der Waals surface area contributed by atoms with Crippen LogP contribution in [0.3, 0.4) is 0 Å². The molecule has 2 rings (SSSR count). The summed E-state index contributed by atoms with van der Waals surface area (Å²) in [5.41, 5.74) is 1.37. The Morgan fingerprint density at radius 3 is 2.80 bits per heavy atom. The number of carbonyl (C=O) groups excluding carboxylic acids is 1. The van der Waals surface area contributed by atoms with Crippen LogP contribution >= 0.6 is 0 Å². The van der Waals surface area contributed by atoms with Crippen LogP contribution < -0.4 is 15.5 Å². The van der Waals surface area contributed by atoms with Crippen LogP contribution in [0.4, 0.5) is 0 Å². The van der Waals surface area contributed by atoms with Gasteiger partial charge in [0.2, 0.25) is 5.43 Å². The summed E-state index contributed by atoms with van der Waals surface area (Å²) < 4.78 is 6.93. The van der Waals surface area contributed by atoms with Crippen molar-refractivity contribution < 1.29 is 14.6 Å². The monoisotopic (exact) mass is 280 g/mol. The first-order chi connectivity index (χ1) is 9.56. The second kappa shape index (κ2) is 5.66. The number of aliphatic hydroxyl groups is 1. The lowest BCUT2D eigenvalue weighted by molar-refractivity contribution is 0.0937. The number of nitrogens with zero attached hydrogens (tertiary/aromatic N) is 1. The molecule has 1 aliphatic heterocycles. The molecule has 1 atom stereocenters. The lowest BCUT2D eigenvalue weighted by Crippen LogP contribution is -2.32. The number of pyridine rings is 1. The molecule has 0 radical (unpaired) electrons. The molecule has 0 saturated carbocycles. The fourth-order valence-electron chi connectivity index (χ4n) is 2.80. The van der Waals surface area contributed by atoms with Crippen molar-refractivity contribution in [1.82, 2.24) is 9.88 Å². The van der Waals surface area contributed by atoms with E-state index in [1.54, 1.807) is 11.5 Å². The van der Waals surface area contributed by atoms with Crippen molar-refractivity contribution in [1.29, 1.82) is 0 Å². The molecule has 2 heterocycles. The third-order valence-electron chi connectivity index (χ3n) is 3.77. The highest BCUT2D eigenvalue weighted by molar-refractivity contribution is 5.95. The SMILES string of the molecule is CCNC(=O)c1c(OC)c(=O)c(C)c2n1C(CO)CC2. The van der Waals surface area contributed by atoms with Crippen LogP contribution in [-0.4, -0.2) is 35.8 Å². The van der Waals surface area contributed by atoms with Crippen LogP contribution in [0.15, 0.2) is 4.79 Å². The molecule has 2 N–H and O–H groups in total. The summed E-state index contributed by atoms with van der Waals surface area (Å²) in [4.78, 5) is 24.6. The van der Waals surface area contributed by atoms with Gasteiger partial charge in [-0.1, -0.05) is 0 Å². The maximum Gasteiger partial charge on any atom is 0.271 e. The molecule has 20 heavy (non-hydrogen) atoms. The zero-order chi connectivity index (χ0) is 14.9. The molecule has 1 aromatic rings. The predicted molar refractivity (Wildman–Crippen MR) is 74.4 cm³/mol. The zero-order valence-corrected chi connectivity index (χ0v) is 12.0. The van der Waals surface area contributed by atoms with Gasteiger partial charge < -0.3 is 19.7 Å². The number of amides is 1. The third kappa shape index (κ3) is 2.10. The van der Waals surface area contributed by atoms with Gasteiger partial charge in [-0.05, 0) is 26.7 Å². The molecule has 6 nitrogen and oxygen atoms in total. The lowest BCUT2D eigenvalue weighted by atomic mass is 10.1. The summed E-state index contributed by atoms with van der Waals surface area (Å²) in [5.74, 6) is -0.291. The number of aromatic nitrogens is 1. The highest BCUT2D eigenvalue weighted by Gasteiger charge is 2.32. The highest BCUT2D eigenvalue weighted by Crippen LogP contribution is 2.31. The Bertz CT molecular complexity index is 592. The molecule has 1 unspecified atom stereocenters. The molecule has 1 amide bonds. The van der Waals surface area contributed by atoms with Gasteiger partial charge in [-0.2, -0.15) is 0 Å². The van der Waals surface area contributed by atoms with Crippen molar-refractivity contribution in [2.24, 2.45) is 0 Å². The maximum absolute atomic E-state index is 12.3. The van der Waals surface area contributed by atoms with E-state index in [1.165, 1.54) is 7.11 Å². The normalized spacial score (nSPS) is 16.9. The van der Waals surface area contributed by atoms with Crippen LogP contribution in [-0.2, 0) is 6.42 Å². The Labute approximate surface area is 117 Å². The van der Waals surface area contributed by atoms with Crippen molar-refractivity contribution in [2.45, 2.75) is 32.7 Å². The van der Waals surface area contributed by atoms with Gasteiger partial charge in [0, 0.05) is 17.8 Å². The third-order valence-corrected chi connectivity index (χ3v) is 3.77. The number of carbonyl (C=O) groups is 1. The molecule has 1 aromatic heterocycles. The van der Waals surface area contributed by atoms with E-state index in [0.29, 0.717) is 18.5 Å². The summed E-state index contributed by atoms with van der Waals surface area (Å²) >= 11 is 0. The molecule has 0 fully saturated rings. The van der Waals surface area contributed by atoms with Gasteiger partial charge in [0.15, 0.2) is 11.4 Å². The average Bonchev–Trinajstić information content (AvgIpc) is 2.86. The highest BCUT2D eigenvalue weighted by atomic mass is 16.5. The topological polar surface area (TPSA) is 80.6 Å². The van der Waals surface area contributed by atoms with Crippen molar-refractivity contribution in [3.63, 3.8) is 0 Å². The minimum Gasteiger partial charge on any atom is -0.491 e. The number of fused-ring (bicyclic) bond motifs is 1. The predicted octanol–water partition coefficient (Wildman–Crippen LogP) is 0.395. The van der Waals surface area contributed by atoms with E-state index in [-0.39, 0.29) is 35.4 Å². The summed E-state index contributed by atoms with van der Waals surface area (Å²) in [6.45, 7) is 3.94. The largest absolute Gasteiger partial charge is 0.491 e. The number of ether oxygens (including phenoxy) is 1. The van der Waals surface area contributed by atoms with E-state index >= 15 is 0 Å². The maximum atomic E-state index is 12.3. The molecule has 0 bridgehead atoms. The smallest absolute Gasteiger partial charge is 0.271 e. The summed E-state index contributed by atoms with van der Waals surface area (Å²) in [6, 6.07) is -0.184. The van der Waals surface area contributed by atoms with Gasteiger partial charge in [0.25, 0.3) is 5.91 Å². The first kappa shape index (κ1) is 14.6. The molecule has 0 spiro atoms. The van der Waals surface area contributed by atoms with E-state index in [9.17, 15) is 14.7 Å². The van der Waals surface area contributed by atoms with Gasteiger partial charge in [0.1, 0.15) is 0 Å². The molecule has 0 aromatic carbocycles. The van der Waals surface area contributed by atoms with Crippen molar-refractivity contribution in [3.8, 4) is 5.75 Å². The number of aliphatic hydroxyl groups excluding tert-OH is 1. The molecule has 110 valence electrons. The Hall–Kier alpha value is -1.82. The summed E-state index contributed by atoms with van der Waals surface area (Å²) in [7, 11) is 1.38. The standard InChI is InChI=1S/C14H20N2O4/c1-4-15-14(19)11-13(20-3)12(18)8(2)10-6-5-9(7-17)16(10)11/h9,17H,4-7H2,1-3H3,(H,15,19). The Morgan fingerprint density at radius 2 is 2.25 bits per heavy atom. The van der Waals surface area contributed by atoms with Crippen molar-refractivity contribution >= 4 is 5.91 Å². The molecular formula is C14H20N2O4. The van der Waals surface area contributed by atoms with Crippen LogP contribution in [0.25, 0.3) is 0 Å². The Kier molecular flexibility index (Phi) is 4.13. The van der Waals surface area contributed by atoms with Crippen LogP contribution in [0.5, 0.6) is 5.75 Å². The zero-order valence-electron chi connectivity index (χ0n) is 12.0. The Balaban J connectivity index is 2.75. The summed E-state index contributed by atoms with van der Waals surface area (Å²) in [6.07, 6.45) is 1.40. The average molecular weight is 280 g/mol. The van der Waals surface area contributed by atoms with Gasteiger partial charge >= 0.3 is 0 Å². The van der Waals surface area contributed by atoms with Gasteiger partial charge in [0.05, 0.1) is 19.8 Å². The number of nitrogens with one attached hydrogen (secondary N) is 1. The van der Waals surface area contributed by atoms with E-state index in [4.69, 9.17) is 4.74 Å². The lowest BCUT2D eigenvalue weighted by Gasteiger charge is -2.21. The van der Waals surface area contributed by atoms with Crippen molar-refractivity contribution in [3.05, 3.63) is 27.2 Å². The number of rotatable bonds is 4. The van der Waals surface area contributed by atoms with Crippen LogP contribution in [0, 0.1) is 6.92 Å². The number of hydrogen-bond acceptors (Lipinski definition) is 4. The number of methoxy groups -OCH3 is 1. The quantitative estimate of drug-likeness (QED) is 0.836. The molecule has 1 aliphatic rings. The fourth-order valence-corrected chi connectivity index (χ4v) is 2.80. The van der Waals surface area contributed by atoms with Crippen LogP contribution in [0.2, 0.25) is 0 Å². The first-order valence-electron chi connectivity index (χ1n) is 6.77. The second-order valence-electron chi connectivity index (χ2n) is 4.89. The molecular weight excluding hydrogens is 260 g/mol. The molecule has 0 aliphatic carbocycles. The van der Waals surface area contributed by atoms with Crippen LogP contribution in [0.1, 0.15) is 41.1 Å². The van der Waals surface area contributed by atoms with E-state index in [2.05, 4.69) is 5.32 Å². The summed E-state index contributed by atoms with van der Waals surface area (Å²) in [5, 5.41) is 12.2. The van der Waals surface area contributed by atoms with Gasteiger partial charge in [-0.3, -0.25) is 9.59 Å². The van der Waals surface area contributed by atoms with E-state index < -0.39 is 0 Å². The van der Waals surface area contributed by atoms with Crippen molar-refractivity contribution in [2.75, 3.05) is 20.3 Å². The minimum atomic E-state index is -0.344. The second-order valence-corrected chi connectivity index (χ2v) is 4.89. The van der Waals surface area contributed by atoms with E-state index in [0.717, 1.165) is 12.1 Å². The molecule has 0 saturated heterocycles. The minimum absolute atomic E-state index is 0.0533.